The van der Waals surface area contributed by atoms with Crippen LogP contribution in [-0.4, -0.2) is 36.9 Å². The van der Waals surface area contributed by atoms with Crippen LogP contribution in [0.3, 0.4) is 0 Å². The number of carbonyl (C=O) groups is 2. The molecule has 1 aromatic rings. The van der Waals surface area contributed by atoms with Crippen LogP contribution in [0.15, 0.2) is 23.0 Å². The van der Waals surface area contributed by atoms with Crippen molar-refractivity contribution in [3.63, 3.8) is 0 Å². The number of hydrogen-bond donors (Lipinski definition) is 2. The highest BCUT2D eigenvalue weighted by molar-refractivity contribution is 6.34. The number of likely N-dealkylation sites (N-methyl/N-ethyl adjacent to an activating group) is 1. The van der Waals surface area contributed by atoms with Crippen LogP contribution in [0.4, 0.5) is 0 Å². The number of nitrogens with two attached hydrogens (primary N) is 1. The van der Waals surface area contributed by atoms with E-state index in [1.165, 1.54) is 17.4 Å². The monoisotopic (exact) mass is 225 g/mol. The molecule has 6 nitrogen and oxygen atoms in total. The highest BCUT2D eigenvalue weighted by atomic mass is 16.3. The standard InChI is InChI=1S/C10H15N3O3/c1-13(6-8-2-5-16-7-8)10(15)9(14)12-4-3-11/h2,5,7H,3-4,6,11H2,1H3,(H,12,14). The minimum absolute atomic E-state index is 0.296. The lowest BCUT2D eigenvalue weighted by Gasteiger charge is -2.15. The van der Waals surface area contributed by atoms with E-state index in [1.54, 1.807) is 13.1 Å². The van der Waals surface area contributed by atoms with Crippen LogP contribution >= 0.6 is 0 Å². The molecule has 0 aliphatic heterocycles. The molecule has 1 heterocycles. The number of nitrogens with one attached hydrogen (secondary N) is 1. The van der Waals surface area contributed by atoms with Crippen molar-refractivity contribution in [3.8, 4) is 0 Å². The highest BCUT2D eigenvalue weighted by Crippen LogP contribution is 2.03. The van der Waals surface area contributed by atoms with Gasteiger partial charge in [-0.25, -0.2) is 0 Å². The SMILES string of the molecule is CN(Cc1ccoc1)C(=O)C(=O)NCCN. The maximum Gasteiger partial charge on any atom is 0.311 e. The van der Waals surface area contributed by atoms with Gasteiger partial charge in [0.2, 0.25) is 0 Å². The van der Waals surface area contributed by atoms with Crippen molar-refractivity contribution in [2.24, 2.45) is 5.73 Å². The van der Waals surface area contributed by atoms with Crippen molar-refractivity contribution >= 4 is 11.8 Å². The summed E-state index contributed by atoms with van der Waals surface area (Å²) in [5.41, 5.74) is 6.05. The molecule has 0 saturated heterocycles. The maximum absolute atomic E-state index is 11.5. The molecule has 0 aromatic carbocycles. The first-order chi connectivity index (χ1) is 7.65. The lowest BCUT2D eigenvalue weighted by Crippen LogP contribution is -2.42. The highest BCUT2D eigenvalue weighted by Gasteiger charge is 2.18. The van der Waals surface area contributed by atoms with Crippen LogP contribution in [0.5, 0.6) is 0 Å². The van der Waals surface area contributed by atoms with E-state index in [-0.39, 0.29) is 0 Å². The molecular weight excluding hydrogens is 210 g/mol. The second kappa shape index (κ2) is 5.92. The molecule has 0 saturated carbocycles. The summed E-state index contributed by atoms with van der Waals surface area (Å²) in [5, 5.41) is 2.41. The fraction of sp³-hybridized carbons (Fsp3) is 0.400. The Morgan fingerprint density at radius 1 is 1.56 bits per heavy atom. The van der Waals surface area contributed by atoms with Gasteiger partial charge in [0.15, 0.2) is 0 Å². The predicted octanol–water partition coefficient (Wildman–Crippen LogP) is -0.687. The van der Waals surface area contributed by atoms with Crippen molar-refractivity contribution in [1.82, 2.24) is 10.2 Å². The van der Waals surface area contributed by atoms with Crippen LogP contribution < -0.4 is 11.1 Å². The first kappa shape index (κ1) is 12.3. The minimum Gasteiger partial charge on any atom is -0.472 e. The summed E-state index contributed by atoms with van der Waals surface area (Å²) in [7, 11) is 1.55. The first-order valence-electron chi connectivity index (χ1n) is 4.89. The summed E-state index contributed by atoms with van der Waals surface area (Å²) in [4.78, 5) is 24.1. The lowest BCUT2D eigenvalue weighted by atomic mass is 10.3. The molecule has 16 heavy (non-hydrogen) atoms. The zero-order valence-corrected chi connectivity index (χ0v) is 9.10. The van der Waals surface area contributed by atoms with Crippen LogP contribution in [0.2, 0.25) is 0 Å². The number of furan rings is 1. The van der Waals surface area contributed by atoms with Crippen molar-refractivity contribution in [2.75, 3.05) is 20.1 Å². The average Bonchev–Trinajstić information content (AvgIpc) is 2.77. The van der Waals surface area contributed by atoms with Crippen molar-refractivity contribution in [3.05, 3.63) is 24.2 Å². The predicted molar refractivity (Wildman–Crippen MR) is 57.2 cm³/mol. The Bertz CT molecular complexity index is 348. The quantitative estimate of drug-likeness (QED) is 0.664. The van der Waals surface area contributed by atoms with Gasteiger partial charge in [-0.15, -0.1) is 0 Å². The molecule has 0 aliphatic carbocycles. The number of nitrogens with zero attached hydrogens (tertiary/aromatic N) is 1. The topological polar surface area (TPSA) is 88.6 Å². The third kappa shape index (κ3) is 3.39. The van der Waals surface area contributed by atoms with Crippen molar-refractivity contribution in [2.45, 2.75) is 6.54 Å². The van der Waals surface area contributed by atoms with E-state index in [4.69, 9.17) is 10.2 Å². The Balaban J connectivity index is 2.44. The normalized spacial score (nSPS) is 9.88. The summed E-state index contributed by atoms with van der Waals surface area (Å²) >= 11 is 0. The Morgan fingerprint density at radius 3 is 2.88 bits per heavy atom. The molecule has 0 radical (unpaired) electrons. The van der Waals surface area contributed by atoms with E-state index in [0.717, 1.165) is 5.56 Å². The van der Waals surface area contributed by atoms with E-state index >= 15 is 0 Å². The third-order valence-electron chi connectivity index (χ3n) is 1.97. The van der Waals surface area contributed by atoms with E-state index in [2.05, 4.69) is 5.32 Å². The van der Waals surface area contributed by atoms with Gasteiger partial charge < -0.3 is 20.4 Å². The molecule has 1 aromatic heterocycles. The smallest absolute Gasteiger partial charge is 0.311 e. The molecule has 0 spiro atoms. The first-order valence-corrected chi connectivity index (χ1v) is 4.89. The van der Waals surface area contributed by atoms with Crippen LogP contribution in [0.25, 0.3) is 0 Å². The molecule has 0 bridgehead atoms. The average molecular weight is 225 g/mol. The van der Waals surface area contributed by atoms with Crippen molar-refractivity contribution in [1.29, 1.82) is 0 Å². The molecular formula is C10H15N3O3. The maximum atomic E-state index is 11.5. The number of carbonyl (C=O) groups excluding carboxylic acids is 2. The van der Waals surface area contributed by atoms with E-state index < -0.39 is 11.8 Å². The zero-order chi connectivity index (χ0) is 12.0. The van der Waals surface area contributed by atoms with E-state index in [0.29, 0.717) is 19.6 Å². The number of rotatable bonds is 4. The fourth-order valence-corrected chi connectivity index (χ4v) is 1.16. The molecule has 6 heteroatoms. The molecule has 0 atom stereocenters. The van der Waals surface area contributed by atoms with E-state index in [1.807, 2.05) is 0 Å². The van der Waals surface area contributed by atoms with Gasteiger partial charge in [-0.3, -0.25) is 9.59 Å². The van der Waals surface area contributed by atoms with Crippen LogP contribution in [0.1, 0.15) is 5.56 Å². The van der Waals surface area contributed by atoms with Gasteiger partial charge in [-0.05, 0) is 6.07 Å². The lowest BCUT2D eigenvalue weighted by molar-refractivity contribution is -0.145. The van der Waals surface area contributed by atoms with Gasteiger partial charge in [0.25, 0.3) is 0 Å². The largest absolute Gasteiger partial charge is 0.472 e. The Labute approximate surface area is 93.4 Å². The van der Waals surface area contributed by atoms with Gasteiger partial charge in [-0.2, -0.15) is 0 Å². The van der Waals surface area contributed by atoms with Gasteiger partial charge in [0, 0.05) is 32.2 Å². The molecule has 2 amide bonds. The van der Waals surface area contributed by atoms with Gasteiger partial charge in [0.05, 0.1) is 12.5 Å². The summed E-state index contributed by atoms with van der Waals surface area (Å²) in [6.45, 7) is 0.944. The number of hydrogen-bond acceptors (Lipinski definition) is 4. The fourth-order valence-electron chi connectivity index (χ4n) is 1.16. The number of amides is 2. The van der Waals surface area contributed by atoms with Crippen molar-refractivity contribution < 1.29 is 14.0 Å². The molecule has 1 rings (SSSR count). The minimum atomic E-state index is -0.642. The second-order valence-corrected chi connectivity index (χ2v) is 3.34. The molecule has 0 aliphatic rings. The van der Waals surface area contributed by atoms with Crippen LogP contribution in [0, 0.1) is 0 Å². The molecule has 3 N–H and O–H groups in total. The Morgan fingerprint density at radius 2 is 2.31 bits per heavy atom. The third-order valence-corrected chi connectivity index (χ3v) is 1.97. The van der Waals surface area contributed by atoms with Gasteiger partial charge in [0.1, 0.15) is 0 Å². The zero-order valence-electron chi connectivity index (χ0n) is 9.10. The van der Waals surface area contributed by atoms with Crippen LogP contribution in [-0.2, 0) is 16.1 Å². The van der Waals surface area contributed by atoms with Gasteiger partial charge in [-0.1, -0.05) is 0 Å². The molecule has 0 fully saturated rings. The molecule has 88 valence electrons. The summed E-state index contributed by atoms with van der Waals surface area (Å²) in [6.07, 6.45) is 3.05. The summed E-state index contributed by atoms with van der Waals surface area (Å²) in [5.74, 6) is -1.23. The second-order valence-electron chi connectivity index (χ2n) is 3.34. The Hall–Kier alpha value is -1.82. The summed E-state index contributed by atoms with van der Waals surface area (Å²) < 4.78 is 4.87. The van der Waals surface area contributed by atoms with Gasteiger partial charge >= 0.3 is 11.8 Å². The molecule has 0 unspecified atom stereocenters. The Kier molecular flexibility index (Phi) is 4.53. The summed E-state index contributed by atoms with van der Waals surface area (Å²) in [6, 6.07) is 1.74. The van der Waals surface area contributed by atoms with E-state index in [9.17, 15) is 9.59 Å².